The van der Waals surface area contributed by atoms with E-state index in [1.807, 2.05) is 12.1 Å². The Labute approximate surface area is 123 Å². The minimum atomic E-state index is 0.888. The quantitative estimate of drug-likeness (QED) is 0.594. The van der Waals surface area contributed by atoms with Crippen LogP contribution in [0.25, 0.3) is 20.8 Å². The topological polar surface area (TPSA) is 12.9 Å². The van der Waals surface area contributed by atoms with Crippen LogP contribution < -0.4 is 0 Å². The van der Waals surface area contributed by atoms with Gasteiger partial charge in [-0.2, -0.15) is 0 Å². The summed E-state index contributed by atoms with van der Waals surface area (Å²) in [7, 11) is 0. The lowest BCUT2D eigenvalue weighted by atomic mass is 10.0. The van der Waals surface area contributed by atoms with Crippen LogP contribution in [-0.4, -0.2) is 4.98 Å². The first-order valence-electron chi connectivity index (χ1n) is 6.90. The molecule has 1 heterocycles. The van der Waals surface area contributed by atoms with Crippen molar-refractivity contribution in [3.63, 3.8) is 0 Å². The van der Waals surface area contributed by atoms with E-state index < -0.39 is 0 Å². The maximum Gasteiger partial charge on any atom is 0.124 e. The molecule has 1 nitrogen and oxygen atoms in total. The average Bonchev–Trinajstić information content (AvgIpc) is 2.91. The summed E-state index contributed by atoms with van der Waals surface area (Å²) in [5.74, 6) is 0. The predicted molar refractivity (Wildman–Crippen MR) is 88.3 cm³/mol. The van der Waals surface area contributed by atoms with E-state index in [0.29, 0.717) is 0 Å². The number of nitrogens with zero attached hydrogens (tertiary/aromatic N) is 1. The van der Waals surface area contributed by atoms with E-state index in [4.69, 9.17) is 4.98 Å². The van der Waals surface area contributed by atoms with E-state index in [-0.39, 0.29) is 0 Å². The Bertz CT molecular complexity index is 722. The molecule has 2 heteroatoms. The highest BCUT2D eigenvalue weighted by Crippen LogP contribution is 2.32. The Kier molecular flexibility index (Phi) is 3.66. The monoisotopic (exact) mass is 279 g/mol. The molecule has 0 aliphatic carbocycles. The van der Waals surface area contributed by atoms with Gasteiger partial charge in [0.05, 0.1) is 10.2 Å². The number of benzene rings is 2. The van der Waals surface area contributed by atoms with Crippen molar-refractivity contribution in [1.82, 2.24) is 4.98 Å². The van der Waals surface area contributed by atoms with E-state index in [1.165, 1.54) is 21.4 Å². The maximum absolute atomic E-state index is 4.77. The SMILES string of the molecule is C=CCc1cc(CC)ccc1-c1nc2ccccc2s1. The highest BCUT2D eigenvalue weighted by molar-refractivity contribution is 7.21. The number of hydrogen-bond acceptors (Lipinski definition) is 2. The lowest BCUT2D eigenvalue weighted by Gasteiger charge is -2.07. The molecule has 2 aromatic carbocycles. The van der Waals surface area contributed by atoms with Crippen LogP contribution in [-0.2, 0) is 12.8 Å². The van der Waals surface area contributed by atoms with Crippen molar-refractivity contribution in [2.75, 3.05) is 0 Å². The van der Waals surface area contributed by atoms with Gasteiger partial charge in [-0.25, -0.2) is 4.98 Å². The molecule has 0 saturated heterocycles. The second kappa shape index (κ2) is 5.59. The largest absolute Gasteiger partial charge is 0.236 e. The lowest BCUT2D eigenvalue weighted by molar-refractivity contribution is 1.12. The molecule has 0 radical (unpaired) electrons. The van der Waals surface area contributed by atoms with Gasteiger partial charge in [-0.3, -0.25) is 0 Å². The molecule has 1 aromatic heterocycles. The minimum absolute atomic E-state index is 0.888. The zero-order chi connectivity index (χ0) is 13.9. The Morgan fingerprint density at radius 1 is 1.20 bits per heavy atom. The van der Waals surface area contributed by atoms with E-state index in [0.717, 1.165) is 23.4 Å². The van der Waals surface area contributed by atoms with Crippen LogP contribution in [0.4, 0.5) is 0 Å². The predicted octanol–water partition coefficient (Wildman–Crippen LogP) is 5.25. The molecule has 0 amide bonds. The molecule has 0 aliphatic rings. The molecule has 20 heavy (non-hydrogen) atoms. The molecular weight excluding hydrogens is 262 g/mol. The molecule has 3 aromatic rings. The molecule has 100 valence electrons. The number of rotatable bonds is 4. The summed E-state index contributed by atoms with van der Waals surface area (Å²) in [6.07, 6.45) is 3.91. The van der Waals surface area contributed by atoms with Gasteiger partial charge >= 0.3 is 0 Å². The number of allylic oxidation sites excluding steroid dienone is 1. The fraction of sp³-hybridized carbons (Fsp3) is 0.167. The summed E-state index contributed by atoms with van der Waals surface area (Å²) in [6, 6.07) is 15.0. The smallest absolute Gasteiger partial charge is 0.124 e. The molecule has 0 N–H and O–H groups in total. The lowest BCUT2D eigenvalue weighted by Crippen LogP contribution is -1.91. The fourth-order valence-electron chi connectivity index (χ4n) is 2.39. The number of aryl methyl sites for hydroxylation is 1. The van der Waals surface area contributed by atoms with Gasteiger partial charge in [0.25, 0.3) is 0 Å². The first kappa shape index (κ1) is 13.1. The van der Waals surface area contributed by atoms with Gasteiger partial charge in [0.15, 0.2) is 0 Å². The number of thiazole rings is 1. The minimum Gasteiger partial charge on any atom is -0.236 e. The van der Waals surface area contributed by atoms with Crippen molar-refractivity contribution >= 4 is 21.6 Å². The third-order valence-corrected chi connectivity index (χ3v) is 4.54. The Hall–Kier alpha value is -1.93. The third kappa shape index (κ3) is 2.39. The van der Waals surface area contributed by atoms with Crippen molar-refractivity contribution < 1.29 is 0 Å². The first-order valence-corrected chi connectivity index (χ1v) is 7.72. The number of aromatic nitrogens is 1. The Morgan fingerprint density at radius 3 is 2.80 bits per heavy atom. The Morgan fingerprint density at radius 2 is 2.05 bits per heavy atom. The van der Waals surface area contributed by atoms with Crippen LogP contribution in [0.15, 0.2) is 55.1 Å². The highest BCUT2D eigenvalue weighted by atomic mass is 32.1. The summed E-state index contributed by atoms with van der Waals surface area (Å²) in [5, 5.41) is 1.10. The number of fused-ring (bicyclic) bond motifs is 1. The van der Waals surface area contributed by atoms with Crippen LogP contribution in [0, 0.1) is 0 Å². The van der Waals surface area contributed by atoms with Crippen molar-refractivity contribution in [3.8, 4) is 10.6 Å². The summed E-state index contributed by atoms with van der Waals surface area (Å²) in [4.78, 5) is 4.77. The van der Waals surface area contributed by atoms with E-state index in [2.05, 4.69) is 49.9 Å². The number of para-hydroxylation sites is 1. The second-order valence-corrected chi connectivity index (χ2v) is 5.86. The summed E-state index contributed by atoms with van der Waals surface area (Å²) < 4.78 is 1.24. The van der Waals surface area contributed by atoms with Crippen LogP contribution in [0.3, 0.4) is 0 Å². The molecular formula is C18H17NS. The molecule has 0 saturated carbocycles. The molecule has 0 bridgehead atoms. The summed E-state index contributed by atoms with van der Waals surface area (Å²) >= 11 is 1.76. The standard InChI is InChI=1S/C18H17NS/c1-3-7-14-12-13(4-2)10-11-15(14)18-19-16-8-5-6-9-17(16)20-18/h3,5-6,8-12H,1,4,7H2,2H3. The van der Waals surface area contributed by atoms with Gasteiger partial charge in [0, 0.05) is 5.56 Å². The second-order valence-electron chi connectivity index (χ2n) is 4.82. The van der Waals surface area contributed by atoms with Gasteiger partial charge in [-0.1, -0.05) is 43.3 Å². The molecule has 0 atom stereocenters. The molecule has 3 rings (SSSR count). The van der Waals surface area contributed by atoms with E-state index in [9.17, 15) is 0 Å². The summed E-state index contributed by atoms with van der Waals surface area (Å²) in [5.41, 5.74) is 5.00. The maximum atomic E-state index is 4.77. The van der Waals surface area contributed by atoms with Crippen LogP contribution in [0.2, 0.25) is 0 Å². The molecule has 0 fully saturated rings. The zero-order valence-electron chi connectivity index (χ0n) is 11.6. The van der Waals surface area contributed by atoms with Crippen molar-refractivity contribution in [2.24, 2.45) is 0 Å². The fourth-order valence-corrected chi connectivity index (χ4v) is 3.41. The molecule has 0 spiro atoms. The van der Waals surface area contributed by atoms with Gasteiger partial charge < -0.3 is 0 Å². The van der Waals surface area contributed by atoms with Crippen molar-refractivity contribution in [1.29, 1.82) is 0 Å². The highest BCUT2D eigenvalue weighted by Gasteiger charge is 2.10. The van der Waals surface area contributed by atoms with Crippen LogP contribution >= 0.6 is 11.3 Å². The Balaban J connectivity index is 2.14. The van der Waals surface area contributed by atoms with E-state index >= 15 is 0 Å². The molecule has 0 aliphatic heterocycles. The normalized spacial score (nSPS) is 10.8. The zero-order valence-corrected chi connectivity index (χ0v) is 12.4. The third-order valence-electron chi connectivity index (χ3n) is 3.47. The first-order chi connectivity index (χ1) is 9.81. The average molecular weight is 279 g/mol. The molecule has 0 unspecified atom stereocenters. The van der Waals surface area contributed by atoms with Gasteiger partial charge in [0.2, 0.25) is 0 Å². The van der Waals surface area contributed by atoms with Crippen LogP contribution in [0.1, 0.15) is 18.1 Å². The van der Waals surface area contributed by atoms with Crippen LogP contribution in [0.5, 0.6) is 0 Å². The summed E-state index contributed by atoms with van der Waals surface area (Å²) in [6.45, 7) is 6.06. The van der Waals surface area contributed by atoms with E-state index in [1.54, 1.807) is 11.3 Å². The van der Waals surface area contributed by atoms with Crippen molar-refractivity contribution in [2.45, 2.75) is 19.8 Å². The van der Waals surface area contributed by atoms with Gasteiger partial charge in [-0.05, 0) is 36.1 Å². The van der Waals surface area contributed by atoms with Crippen molar-refractivity contribution in [3.05, 3.63) is 66.2 Å². The number of hydrogen-bond donors (Lipinski definition) is 0. The van der Waals surface area contributed by atoms with Gasteiger partial charge in [-0.15, -0.1) is 17.9 Å². The van der Waals surface area contributed by atoms with Gasteiger partial charge in [0.1, 0.15) is 5.01 Å².